The van der Waals surface area contributed by atoms with Crippen molar-refractivity contribution in [2.45, 2.75) is 16.1 Å². The van der Waals surface area contributed by atoms with E-state index in [0.29, 0.717) is 10.0 Å². The third-order valence-corrected chi connectivity index (χ3v) is 6.82. The Labute approximate surface area is 139 Å². The van der Waals surface area contributed by atoms with Gasteiger partial charge in [-0.1, -0.05) is 35.3 Å². The summed E-state index contributed by atoms with van der Waals surface area (Å²) in [6.45, 7) is -0.172. The lowest BCUT2D eigenvalue weighted by Crippen LogP contribution is -2.11. The summed E-state index contributed by atoms with van der Waals surface area (Å²) < 4.78 is 25.5. The Morgan fingerprint density at radius 2 is 1.68 bits per heavy atom. The van der Waals surface area contributed by atoms with Crippen molar-refractivity contribution < 1.29 is 13.5 Å². The molecule has 0 radical (unpaired) electrons. The van der Waals surface area contributed by atoms with Gasteiger partial charge in [-0.05, 0) is 42.0 Å². The van der Waals surface area contributed by atoms with Crippen LogP contribution in [0.2, 0.25) is 10.0 Å². The highest BCUT2D eigenvalue weighted by Gasteiger charge is 2.58. The molecule has 0 bridgehead atoms. The predicted octanol–water partition coefficient (Wildman–Crippen LogP) is 3.54. The summed E-state index contributed by atoms with van der Waals surface area (Å²) >= 11 is 11.8. The first kappa shape index (κ1) is 15.8. The normalized spacial score (nSPS) is 24.2. The fourth-order valence-corrected chi connectivity index (χ4v) is 5.44. The van der Waals surface area contributed by atoms with Crippen LogP contribution in [0.15, 0.2) is 53.4 Å². The van der Waals surface area contributed by atoms with E-state index in [-0.39, 0.29) is 23.3 Å². The smallest absolute Gasteiger partial charge is 0.182 e. The fraction of sp³-hybridized carbons (Fsp3) is 0.250. The van der Waals surface area contributed by atoms with Crippen molar-refractivity contribution in [3.8, 4) is 0 Å². The molecule has 1 aliphatic rings. The highest BCUT2D eigenvalue weighted by molar-refractivity contribution is 7.92. The molecule has 22 heavy (non-hydrogen) atoms. The first-order chi connectivity index (χ1) is 10.4. The van der Waals surface area contributed by atoms with Gasteiger partial charge in [0.25, 0.3) is 0 Å². The lowest BCUT2D eigenvalue weighted by Gasteiger charge is -2.05. The molecule has 0 unspecified atom stereocenters. The first-order valence-electron chi connectivity index (χ1n) is 6.81. The van der Waals surface area contributed by atoms with Crippen molar-refractivity contribution in [3.63, 3.8) is 0 Å². The van der Waals surface area contributed by atoms with Gasteiger partial charge in [-0.2, -0.15) is 0 Å². The van der Waals surface area contributed by atoms with Crippen molar-refractivity contribution >= 4 is 33.0 Å². The zero-order valence-corrected chi connectivity index (χ0v) is 13.8. The highest BCUT2D eigenvalue weighted by Crippen LogP contribution is 2.53. The molecule has 0 heterocycles. The Morgan fingerprint density at radius 3 is 2.27 bits per heavy atom. The Balaban J connectivity index is 1.95. The monoisotopic (exact) mass is 356 g/mol. The average molecular weight is 357 g/mol. The van der Waals surface area contributed by atoms with E-state index in [1.54, 1.807) is 30.3 Å². The van der Waals surface area contributed by atoms with Gasteiger partial charge in [0, 0.05) is 28.5 Å². The first-order valence-corrected chi connectivity index (χ1v) is 9.11. The van der Waals surface area contributed by atoms with E-state index < -0.39 is 15.1 Å². The number of rotatable bonds is 4. The third kappa shape index (κ3) is 2.76. The minimum absolute atomic E-state index is 0.172. The Kier molecular flexibility index (Phi) is 4.21. The molecule has 2 aromatic rings. The van der Waals surface area contributed by atoms with Crippen LogP contribution in [0, 0.1) is 5.92 Å². The van der Waals surface area contributed by atoms with Gasteiger partial charge in [0.1, 0.15) is 0 Å². The van der Waals surface area contributed by atoms with Crippen LogP contribution < -0.4 is 0 Å². The van der Waals surface area contributed by atoms with Gasteiger partial charge in [0.15, 0.2) is 9.84 Å². The van der Waals surface area contributed by atoms with E-state index in [1.165, 1.54) is 12.1 Å². The minimum atomic E-state index is -3.52. The van der Waals surface area contributed by atoms with Crippen LogP contribution in [0.3, 0.4) is 0 Å². The number of hydrogen-bond acceptors (Lipinski definition) is 3. The summed E-state index contributed by atoms with van der Waals surface area (Å²) in [6.07, 6.45) is 0. The number of sulfone groups is 1. The largest absolute Gasteiger partial charge is 0.396 e. The maximum atomic E-state index is 12.8. The number of benzene rings is 2. The molecule has 1 fully saturated rings. The number of halogens is 2. The van der Waals surface area contributed by atoms with Crippen molar-refractivity contribution in [3.05, 3.63) is 64.1 Å². The van der Waals surface area contributed by atoms with Gasteiger partial charge < -0.3 is 5.11 Å². The van der Waals surface area contributed by atoms with E-state index in [9.17, 15) is 13.5 Å². The second kappa shape index (κ2) is 5.85. The summed E-state index contributed by atoms with van der Waals surface area (Å²) in [5, 5.41) is 9.93. The molecular weight excluding hydrogens is 343 g/mol. The Morgan fingerprint density at radius 1 is 1.00 bits per heavy atom. The molecule has 3 nitrogen and oxygen atoms in total. The van der Waals surface area contributed by atoms with Gasteiger partial charge in [-0.15, -0.1) is 0 Å². The molecule has 116 valence electrons. The summed E-state index contributed by atoms with van der Waals surface area (Å²) in [7, 11) is -3.52. The third-order valence-electron chi connectivity index (χ3n) is 4.04. The van der Waals surface area contributed by atoms with Crippen LogP contribution in [0.25, 0.3) is 0 Å². The van der Waals surface area contributed by atoms with Crippen LogP contribution in [0.4, 0.5) is 0 Å². The molecule has 1 saturated carbocycles. The zero-order chi connectivity index (χ0) is 15.9. The number of aliphatic hydroxyl groups is 1. The molecule has 3 atom stereocenters. The maximum absolute atomic E-state index is 12.8. The van der Waals surface area contributed by atoms with Crippen LogP contribution in [-0.2, 0) is 9.84 Å². The van der Waals surface area contributed by atoms with Crippen LogP contribution in [-0.4, -0.2) is 25.4 Å². The van der Waals surface area contributed by atoms with Crippen LogP contribution >= 0.6 is 23.2 Å². The molecule has 0 aliphatic heterocycles. The average Bonchev–Trinajstić information content (AvgIpc) is 3.23. The van der Waals surface area contributed by atoms with Gasteiger partial charge >= 0.3 is 0 Å². The SMILES string of the molecule is O=S(=O)(c1ccc(Cl)cc1)[C@@H]1[C@H](CO)[C@H]1c1cccc(Cl)c1. The molecule has 1 N–H and O–H groups in total. The van der Waals surface area contributed by atoms with Crippen LogP contribution in [0.1, 0.15) is 11.5 Å². The summed E-state index contributed by atoms with van der Waals surface area (Å²) in [6, 6.07) is 13.2. The molecule has 2 aromatic carbocycles. The molecule has 6 heteroatoms. The lowest BCUT2D eigenvalue weighted by atomic mass is 10.1. The van der Waals surface area contributed by atoms with E-state index in [2.05, 4.69) is 0 Å². The maximum Gasteiger partial charge on any atom is 0.182 e. The van der Waals surface area contributed by atoms with E-state index in [4.69, 9.17) is 23.2 Å². The minimum Gasteiger partial charge on any atom is -0.396 e. The van der Waals surface area contributed by atoms with Crippen molar-refractivity contribution in [1.29, 1.82) is 0 Å². The van der Waals surface area contributed by atoms with Crippen molar-refractivity contribution in [2.75, 3.05) is 6.61 Å². The number of hydrogen-bond donors (Lipinski definition) is 1. The molecule has 0 amide bonds. The lowest BCUT2D eigenvalue weighted by molar-refractivity contribution is 0.274. The predicted molar refractivity (Wildman–Crippen MR) is 87.2 cm³/mol. The molecule has 0 aromatic heterocycles. The molecule has 0 spiro atoms. The second-order valence-corrected chi connectivity index (χ2v) is 8.37. The van der Waals surface area contributed by atoms with Crippen molar-refractivity contribution in [1.82, 2.24) is 0 Å². The highest BCUT2D eigenvalue weighted by atomic mass is 35.5. The molecular formula is C16H14Cl2O3S. The fourth-order valence-electron chi connectivity index (χ4n) is 2.92. The van der Waals surface area contributed by atoms with Gasteiger partial charge in [0.2, 0.25) is 0 Å². The van der Waals surface area contributed by atoms with Gasteiger partial charge in [-0.25, -0.2) is 8.42 Å². The van der Waals surface area contributed by atoms with E-state index >= 15 is 0 Å². The van der Waals surface area contributed by atoms with E-state index in [0.717, 1.165) is 5.56 Å². The van der Waals surface area contributed by atoms with Crippen molar-refractivity contribution in [2.24, 2.45) is 5.92 Å². The van der Waals surface area contributed by atoms with Crippen LogP contribution in [0.5, 0.6) is 0 Å². The zero-order valence-electron chi connectivity index (χ0n) is 11.5. The topological polar surface area (TPSA) is 54.4 Å². The standard InChI is InChI=1S/C16H14Cl2O3S/c17-11-4-6-13(7-5-11)22(20,21)16-14(9-19)15(16)10-2-1-3-12(18)8-10/h1-8,14-16,19H,9H2/t14-,15-,16-/m1/s1. The second-order valence-electron chi connectivity index (χ2n) is 5.39. The Bertz CT molecular complexity index is 787. The van der Waals surface area contributed by atoms with Gasteiger partial charge in [-0.3, -0.25) is 0 Å². The summed E-state index contributed by atoms with van der Waals surface area (Å²) in [4.78, 5) is 0.227. The van der Waals surface area contributed by atoms with E-state index in [1.807, 2.05) is 6.07 Å². The summed E-state index contributed by atoms with van der Waals surface area (Å²) in [5.74, 6) is -0.538. The molecule has 3 rings (SSSR count). The van der Waals surface area contributed by atoms with Gasteiger partial charge in [0.05, 0.1) is 10.1 Å². The Hall–Kier alpha value is -1.07. The quantitative estimate of drug-likeness (QED) is 0.911. The number of aliphatic hydroxyl groups excluding tert-OH is 1. The molecule has 0 saturated heterocycles. The summed E-state index contributed by atoms with van der Waals surface area (Å²) in [5.41, 5.74) is 0.842. The molecule has 1 aliphatic carbocycles.